The van der Waals surface area contributed by atoms with E-state index in [0.717, 1.165) is 43.9 Å². The van der Waals surface area contributed by atoms with Crippen LogP contribution in [0.4, 0.5) is 0 Å². The molecular formula is C23H30O3. The van der Waals surface area contributed by atoms with Gasteiger partial charge in [0.2, 0.25) is 0 Å². The summed E-state index contributed by atoms with van der Waals surface area (Å²) in [6, 6.07) is 0. The Morgan fingerprint density at radius 1 is 1.19 bits per heavy atom. The van der Waals surface area contributed by atoms with Gasteiger partial charge in [-0.1, -0.05) is 25.8 Å². The third-order valence-corrected chi connectivity index (χ3v) is 8.95. The maximum absolute atomic E-state index is 12.0. The van der Waals surface area contributed by atoms with Crippen molar-refractivity contribution >= 4 is 11.8 Å². The van der Waals surface area contributed by atoms with Crippen molar-refractivity contribution in [3.8, 4) is 0 Å². The molecule has 1 heterocycles. The fourth-order valence-electron chi connectivity index (χ4n) is 7.72. The van der Waals surface area contributed by atoms with E-state index in [9.17, 15) is 9.59 Å². The lowest BCUT2D eigenvalue weighted by atomic mass is 9.48. The van der Waals surface area contributed by atoms with Crippen molar-refractivity contribution < 1.29 is 14.3 Å². The average molecular weight is 354 g/mol. The van der Waals surface area contributed by atoms with Crippen LogP contribution in [-0.4, -0.2) is 17.4 Å². The van der Waals surface area contributed by atoms with Crippen molar-refractivity contribution in [2.75, 3.05) is 0 Å². The molecule has 3 heteroatoms. The lowest BCUT2D eigenvalue weighted by Crippen LogP contribution is -2.54. The predicted octanol–water partition coefficient (Wildman–Crippen LogP) is 4.62. The molecule has 1 spiro atoms. The lowest BCUT2D eigenvalue weighted by molar-refractivity contribution is -0.163. The first-order valence-corrected chi connectivity index (χ1v) is 10.6. The van der Waals surface area contributed by atoms with E-state index in [1.807, 2.05) is 6.08 Å². The minimum Gasteiger partial charge on any atom is -0.451 e. The summed E-state index contributed by atoms with van der Waals surface area (Å²) in [6.45, 7) is 4.71. The van der Waals surface area contributed by atoms with Gasteiger partial charge in [-0.3, -0.25) is 4.79 Å². The van der Waals surface area contributed by atoms with Crippen LogP contribution in [0, 0.1) is 35.0 Å². The highest BCUT2D eigenvalue weighted by Crippen LogP contribution is 2.67. The Kier molecular flexibility index (Phi) is 3.59. The third kappa shape index (κ3) is 2.06. The molecule has 26 heavy (non-hydrogen) atoms. The number of allylic oxidation sites excluding steroid dienone is 1. The van der Waals surface area contributed by atoms with E-state index in [1.54, 1.807) is 6.08 Å². The number of carbonyl (C=O) groups excluding carboxylic acids is 2. The zero-order chi connectivity index (χ0) is 18.1. The van der Waals surface area contributed by atoms with Gasteiger partial charge < -0.3 is 4.74 Å². The van der Waals surface area contributed by atoms with Gasteiger partial charge >= 0.3 is 5.97 Å². The minimum atomic E-state index is -0.351. The summed E-state index contributed by atoms with van der Waals surface area (Å²) >= 11 is 0. The number of carbonyl (C=O) groups is 2. The van der Waals surface area contributed by atoms with Crippen molar-refractivity contribution in [3.05, 3.63) is 23.8 Å². The maximum Gasteiger partial charge on any atom is 0.331 e. The van der Waals surface area contributed by atoms with Gasteiger partial charge in [-0.15, -0.1) is 0 Å². The van der Waals surface area contributed by atoms with Crippen LogP contribution >= 0.6 is 0 Å². The molecule has 0 aromatic carbocycles. The number of ether oxygens (including phenoxy) is 1. The van der Waals surface area contributed by atoms with E-state index in [4.69, 9.17) is 4.74 Å². The molecule has 0 amide bonds. The summed E-state index contributed by atoms with van der Waals surface area (Å²) in [4.78, 5) is 23.9. The van der Waals surface area contributed by atoms with Gasteiger partial charge in [-0.05, 0) is 80.3 Å². The smallest absolute Gasteiger partial charge is 0.331 e. The Bertz CT molecular complexity index is 719. The van der Waals surface area contributed by atoms with Gasteiger partial charge in [0.15, 0.2) is 5.78 Å². The van der Waals surface area contributed by atoms with Crippen LogP contribution in [0.2, 0.25) is 0 Å². The summed E-state index contributed by atoms with van der Waals surface area (Å²) < 4.78 is 5.95. The molecule has 0 aromatic rings. The zero-order valence-corrected chi connectivity index (χ0v) is 16.0. The van der Waals surface area contributed by atoms with Crippen molar-refractivity contribution in [3.63, 3.8) is 0 Å². The molecule has 4 aliphatic carbocycles. The van der Waals surface area contributed by atoms with E-state index in [1.165, 1.54) is 24.8 Å². The number of hydrogen-bond acceptors (Lipinski definition) is 3. The van der Waals surface area contributed by atoms with Crippen LogP contribution in [0.5, 0.6) is 0 Å². The second-order valence-electron chi connectivity index (χ2n) is 9.69. The molecule has 140 valence electrons. The van der Waals surface area contributed by atoms with Gasteiger partial charge in [0, 0.05) is 17.9 Å². The first-order valence-electron chi connectivity index (χ1n) is 10.6. The van der Waals surface area contributed by atoms with Gasteiger partial charge in [0.1, 0.15) is 5.60 Å². The number of fused-ring (bicyclic) bond motifs is 6. The molecule has 3 unspecified atom stereocenters. The molecule has 5 aliphatic rings. The monoisotopic (exact) mass is 354 g/mol. The average Bonchev–Trinajstić information content (AvgIpc) is 3.14. The number of ketones is 1. The quantitative estimate of drug-likeness (QED) is 0.646. The third-order valence-electron chi connectivity index (χ3n) is 8.95. The van der Waals surface area contributed by atoms with Gasteiger partial charge in [-0.25, -0.2) is 4.79 Å². The van der Waals surface area contributed by atoms with E-state index in [-0.39, 0.29) is 17.0 Å². The minimum absolute atomic E-state index is 0.0793. The molecule has 3 saturated carbocycles. The standard InChI is InChI=1S/C23H30O3/c1-3-14-12-15-13-16(24)4-5-17(15)18-6-9-22(2)19(21(14)18)7-10-23(22)11-8-20(25)26-23/h8,11,13-14,17-19,21H,3-7,9-10,12H2,1-2H3/t14-,17+,18?,19?,21?,22+,23-/m1/s1. The molecule has 5 rings (SSSR count). The maximum atomic E-state index is 12.0. The highest BCUT2D eigenvalue weighted by molar-refractivity contribution is 5.91. The van der Waals surface area contributed by atoms with Crippen molar-refractivity contribution in [1.82, 2.24) is 0 Å². The molecule has 0 saturated heterocycles. The van der Waals surface area contributed by atoms with Crippen molar-refractivity contribution in [1.29, 1.82) is 0 Å². The number of rotatable bonds is 1. The Balaban J connectivity index is 1.52. The fourth-order valence-corrected chi connectivity index (χ4v) is 7.72. The van der Waals surface area contributed by atoms with Crippen LogP contribution in [0.15, 0.2) is 23.8 Å². The predicted molar refractivity (Wildman–Crippen MR) is 99.2 cm³/mol. The van der Waals surface area contributed by atoms with E-state index in [2.05, 4.69) is 19.9 Å². The lowest BCUT2D eigenvalue weighted by Gasteiger charge is -2.57. The normalized spacial score (nSPS) is 49.5. The summed E-state index contributed by atoms with van der Waals surface area (Å²) in [5.41, 5.74) is 1.19. The van der Waals surface area contributed by atoms with Gasteiger partial charge in [0.05, 0.1) is 0 Å². The number of hydrogen-bond donors (Lipinski definition) is 0. The van der Waals surface area contributed by atoms with Crippen molar-refractivity contribution in [2.45, 2.75) is 70.8 Å². The molecule has 3 nitrogen and oxygen atoms in total. The van der Waals surface area contributed by atoms with Crippen molar-refractivity contribution in [2.24, 2.45) is 35.0 Å². The summed E-state index contributed by atoms with van der Waals surface area (Å²) in [5.74, 6) is 3.58. The molecule has 0 bridgehead atoms. The largest absolute Gasteiger partial charge is 0.451 e. The Morgan fingerprint density at radius 3 is 2.77 bits per heavy atom. The zero-order valence-electron chi connectivity index (χ0n) is 16.0. The van der Waals surface area contributed by atoms with Crippen LogP contribution < -0.4 is 0 Å². The van der Waals surface area contributed by atoms with Gasteiger partial charge in [0.25, 0.3) is 0 Å². The van der Waals surface area contributed by atoms with E-state index >= 15 is 0 Å². The van der Waals surface area contributed by atoms with Crippen LogP contribution in [0.25, 0.3) is 0 Å². The Labute approximate surface area is 156 Å². The highest BCUT2D eigenvalue weighted by Gasteiger charge is 2.65. The highest BCUT2D eigenvalue weighted by atomic mass is 16.6. The van der Waals surface area contributed by atoms with Gasteiger partial charge in [-0.2, -0.15) is 0 Å². The van der Waals surface area contributed by atoms with Crippen LogP contribution in [0.3, 0.4) is 0 Å². The topological polar surface area (TPSA) is 43.4 Å². The molecule has 0 N–H and O–H groups in total. The summed E-state index contributed by atoms with van der Waals surface area (Å²) in [7, 11) is 0. The molecular weight excluding hydrogens is 324 g/mol. The first-order chi connectivity index (χ1) is 12.5. The Morgan fingerprint density at radius 2 is 2.04 bits per heavy atom. The molecule has 1 aliphatic heterocycles. The second kappa shape index (κ2) is 5.56. The van der Waals surface area contributed by atoms with E-state index in [0.29, 0.717) is 23.5 Å². The fraction of sp³-hybridized carbons (Fsp3) is 0.739. The molecule has 3 fully saturated rings. The molecule has 0 aromatic heterocycles. The molecule has 7 atom stereocenters. The Hall–Kier alpha value is -1.38. The second-order valence-corrected chi connectivity index (χ2v) is 9.69. The van der Waals surface area contributed by atoms with E-state index < -0.39 is 0 Å². The first kappa shape index (κ1) is 16.8. The van der Waals surface area contributed by atoms with Crippen LogP contribution in [0.1, 0.15) is 65.2 Å². The summed E-state index contributed by atoms with van der Waals surface area (Å²) in [5, 5.41) is 0. The number of esters is 1. The SMILES string of the molecule is CC[C@@H]1CC2=CC(=O)CC[C@@H]2C2CC[C@@]3(C)C(CC[C@@]34C=CC(=O)O4)C21. The van der Waals surface area contributed by atoms with Crippen LogP contribution in [-0.2, 0) is 14.3 Å². The summed E-state index contributed by atoms with van der Waals surface area (Å²) in [6.07, 6.45) is 14.4. The molecule has 0 radical (unpaired) electrons.